The average molecular weight is 208 g/mol. The van der Waals surface area contributed by atoms with Crippen LogP contribution in [0.5, 0.6) is 0 Å². The van der Waals surface area contributed by atoms with Gasteiger partial charge in [0.1, 0.15) is 5.75 Å². The minimum Gasteiger partial charge on any atom is -0.611 e. The molecule has 2 atom stereocenters. The van der Waals surface area contributed by atoms with Crippen molar-refractivity contribution in [2.75, 3.05) is 5.75 Å². The van der Waals surface area contributed by atoms with Gasteiger partial charge in [0.15, 0.2) is 4.90 Å². The first-order valence-corrected chi connectivity index (χ1v) is 6.49. The summed E-state index contributed by atoms with van der Waals surface area (Å²) in [5, 5.41) is 0. The molecule has 0 bridgehead atoms. The molecule has 76 valence electrons. The van der Waals surface area contributed by atoms with E-state index in [1.165, 1.54) is 5.56 Å². The fourth-order valence-corrected chi connectivity index (χ4v) is 3.59. The number of fused-ring (bicyclic) bond motifs is 1. The summed E-state index contributed by atoms with van der Waals surface area (Å²) in [6.07, 6.45) is 1.07. The summed E-state index contributed by atoms with van der Waals surface area (Å²) in [7, 11) is 0. The third-order valence-corrected chi connectivity index (χ3v) is 4.45. The SMILES string of the molecule is CC(C)C1CC[S+]([O-])c2ccccc21. The normalized spacial score (nSPS) is 26.3. The van der Waals surface area contributed by atoms with Gasteiger partial charge in [0.25, 0.3) is 0 Å². The van der Waals surface area contributed by atoms with E-state index in [2.05, 4.69) is 26.0 Å². The molecular formula is C12H16OS. The van der Waals surface area contributed by atoms with Gasteiger partial charge in [0.05, 0.1) is 0 Å². The molecule has 0 aliphatic carbocycles. The maximum absolute atomic E-state index is 11.8. The Kier molecular flexibility index (Phi) is 2.84. The molecule has 2 unspecified atom stereocenters. The molecule has 0 fully saturated rings. The summed E-state index contributed by atoms with van der Waals surface area (Å²) in [6.45, 7) is 4.49. The molecule has 2 rings (SSSR count). The van der Waals surface area contributed by atoms with Crippen molar-refractivity contribution in [1.29, 1.82) is 0 Å². The van der Waals surface area contributed by atoms with Gasteiger partial charge in [-0.2, -0.15) is 0 Å². The smallest absolute Gasteiger partial charge is 0.156 e. The minimum atomic E-state index is -0.752. The molecule has 0 saturated heterocycles. The highest BCUT2D eigenvalue weighted by Gasteiger charge is 2.30. The fraction of sp³-hybridized carbons (Fsp3) is 0.500. The Morgan fingerprint density at radius 1 is 1.36 bits per heavy atom. The first-order chi connectivity index (χ1) is 6.70. The Labute approximate surface area is 88.7 Å². The fourth-order valence-electron chi connectivity index (χ4n) is 2.19. The van der Waals surface area contributed by atoms with Gasteiger partial charge in [-0.3, -0.25) is 0 Å². The summed E-state index contributed by atoms with van der Waals surface area (Å²) in [4.78, 5) is 1.07. The van der Waals surface area contributed by atoms with Crippen molar-refractivity contribution < 1.29 is 4.55 Å². The maximum atomic E-state index is 11.8. The van der Waals surface area contributed by atoms with E-state index < -0.39 is 11.2 Å². The quantitative estimate of drug-likeness (QED) is 0.651. The van der Waals surface area contributed by atoms with E-state index in [1.807, 2.05) is 12.1 Å². The standard InChI is InChI=1S/C12H16OS/c1-9(2)10-7-8-14(13)12-6-4-3-5-11(10)12/h3-6,9-10H,7-8H2,1-2H3. The van der Waals surface area contributed by atoms with Gasteiger partial charge >= 0.3 is 0 Å². The van der Waals surface area contributed by atoms with E-state index in [0.717, 1.165) is 17.1 Å². The molecule has 0 aromatic heterocycles. The predicted octanol–water partition coefficient (Wildman–Crippen LogP) is 2.94. The van der Waals surface area contributed by atoms with Crippen LogP contribution in [0.15, 0.2) is 29.2 Å². The second-order valence-electron chi connectivity index (χ2n) is 4.23. The molecular weight excluding hydrogens is 192 g/mol. The van der Waals surface area contributed by atoms with Gasteiger partial charge in [0, 0.05) is 5.56 Å². The lowest BCUT2D eigenvalue weighted by Gasteiger charge is -2.28. The van der Waals surface area contributed by atoms with Gasteiger partial charge in [-0.15, -0.1) is 0 Å². The zero-order chi connectivity index (χ0) is 10.1. The summed E-state index contributed by atoms with van der Waals surface area (Å²) < 4.78 is 11.8. The van der Waals surface area contributed by atoms with Crippen molar-refractivity contribution in [3.63, 3.8) is 0 Å². The van der Waals surface area contributed by atoms with E-state index in [9.17, 15) is 4.55 Å². The summed E-state index contributed by atoms with van der Waals surface area (Å²) in [5.41, 5.74) is 1.31. The molecule has 0 radical (unpaired) electrons. The van der Waals surface area contributed by atoms with Crippen LogP contribution >= 0.6 is 0 Å². The molecule has 1 nitrogen and oxygen atoms in total. The number of rotatable bonds is 1. The van der Waals surface area contributed by atoms with Crippen LogP contribution in [0.1, 0.15) is 31.7 Å². The molecule has 0 spiro atoms. The van der Waals surface area contributed by atoms with Crippen LogP contribution in [-0.2, 0) is 11.2 Å². The first-order valence-electron chi connectivity index (χ1n) is 5.17. The Bertz CT molecular complexity index is 322. The monoisotopic (exact) mass is 208 g/mol. The molecule has 0 N–H and O–H groups in total. The van der Waals surface area contributed by atoms with Crippen molar-refractivity contribution in [2.24, 2.45) is 5.92 Å². The third kappa shape index (κ3) is 1.69. The van der Waals surface area contributed by atoms with Crippen molar-refractivity contribution in [1.82, 2.24) is 0 Å². The summed E-state index contributed by atoms with van der Waals surface area (Å²) in [6, 6.07) is 8.19. The Balaban J connectivity index is 2.41. The molecule has 0 amide bonds. The molecule has 2 heteroatoms. The van der Waals surface area contributed by atoms with Crippen molar-refractivity contribution in [3.05, 3.63) is 29.8 Å². The van der Waals surface area contributed by atoms with Gasteiger partial charge in [-0.05, 0) is 35.5 Å². The van der Waals surface area contributed by atoms with Gasteiger partial charge in [0.2, 0.25) is 0 Å². The van der Waals surface area contributed by atoms with E-state index in [1.54, 1.807) is 0 Å². The predicted molar refractivity (Wildman–Crippen MR) is 59.9 cm³/mol. The molecule has 1 aliphatic rings. The van der Waals surface area contributed by atoms with Crippen LogP contribution in [0.3, 0.4) is 0 Å². The highest BCUT2D eigenvalue weighted by Crippen LogP contribution is 2.37. The van der Waals surface area contributed by atoms with Crippen LogP contribution in [0.25, 0.3) is 0 Å². The lowest BCUT2D eigenvalue weighted by atomic mass is 9.86. The Morgan fingerprint density at radius 3 is 2.79 bits per heavy atom. The zero-order valence-corrected chi connectivity index (χ0v) is 9.51. The lowest BCUT2D eigenvalue weighted by Crippen LogP contribution is -2.22. The summed E-state index contributed by atoms with van der Waals surface area (Å²) in [5.74, 6) is 2.08. The molecule has 1 aromatic carbocycles. The second kappa shape index (κ2) is 3.95. The second-order valence-corrected chi connectivity index (χ2v) is 5.77. The molecule has 1 aliphatic heterocycles. The van der Waals surface area contributed by atoms with Crippen LogP contribution in [-0.4, -0.2) is 10.3 Å². The van der Waals surface area contributed by atoms with Crippen LogP contribution in [0.2, 0.25) is 0 Å². The molecule has 1 heterocycles. The number of hydrogen-bond acceptors (Lipinski definition) is 1. The van der Waals surface area contributed by atoms with Gasteiger partial charge in [-0.1, -0.05) is 32.0 Å². The van der Waals surface area contributed by atoms with Gasteiger partial charge < -0.3 is 4.55 Å². The zero-order valence-electron chi connectivity index (χ0n) is 8.69. The molecule has 1 aromatic rings. The largest absolute Gasteiger partial charge is 0.611 e. The highest BCUT2D eigenvalue weighted by molar-refractivity contribution is 7.91. The molecule has 0 saturated carbocycles. The number of hydrogen-bond donors (Lipinski definition) is 0. The topological polar surface area (TPSA) is 23.1 Å². The van der Waals surface area contributed by atoms with Crippen LogP contribution in [0.4, 0.5) is 0 Å². The van der Waals surface area contributed by atoms with Crippen molar-refractivity contribution in [2.45, 2.75) is 31.1 Å². The molecule has 14 heavy (non-hydrogen) atoms. The Hall–Kier alpha value is -0.470. The minimum absolute atomic E-state index is 0.601. The Morgan fingerprint density at radius 2 is 2.07 bits per heavy atom. The van der Waals surface area contributed by atoms with Crippen molar-refractivity contribution in [3.8, 4) is 0 Å². The maximum Gasteiger partial charge on any atom is 0.156 e. The van der Waals surface area contributed by atoms with Crippen molar-refractivity contribution >= 4 is 11.2 Å². The average Bonchev–Trinajstić information content (AvgIpc) is 2.18. The lowest BCUT2D eigenvalue weighted by molar-refractivity contribution is 0.464. The number of benzene rings is 1. The highest BCUT2D eigenvalue weighted by atomic mass is 32.2. The van der Waals surface area contributed by atoms with E-state index in [0.29, 0.717) is 11.8 Å². The van der Waals surface area contributed by atoms with Crippen LogP contribution in [0, 0.1) is 5.92 Å². The summed E-state index contributed by atoms with van der Waals surface area (Å²) >= 11 is -0.752. The van der Waals surface area contributed by atoms with Gasteiger partial charge in [-0.25, -0.2) is 0 Å². The van der Waals surface area contributed by atoms with E-state index in [4.69, 9.17) is 0 Å². The van der Waals surface area contributed by atoms with Crippen LogP contribution < -0.4 is 0 Å². The van der Waals surface area contributed by atoms with E-state index in [-0.39, 0.29) is 0 Å². The van der Waals surface area contributed by atoms with E-state index >= 15 is 0 Å². The first kappa shape index (κ1) is 10.1. The third-order valence-electron chi connectivity index (χ3n) is 2.98.